The lowest BCUT2D eigenvalue weighted by molar-refractivity contribution is 0.177. The fourth-order valence-corrected chi connectivity index (χ4v) is 4.55. The highest BCUT2D eigenvalue weighted by atomic mass is 14.5. The van der Waals surface area contributed by atoms with E-state index in [4.69, 9.17) is 5.73 Å². The second kappa shape index (κ2) is 9.00. The van der Waals surface area contributed by atoms with Gasteiger partial charge in [-0.25, -0.2) is 0 Å². The Labute approximate surface area is 120 Å². The average molecular weight is 265 g/mol. The van der Waals surface area contributed by atoms with Gasteiger partial charge < -0.3 is 5.73 Å². The van der Waals surface area contributed by atoms with Gasteiger partial charge in [0.25, 0.3) is 0 Å². The second-order valence-corrected chi connectivity index (χ2v) is 7.18. The van der Waals surface area contributed by atoms with Gasteiger partial charge in [0.15, 0.2) is 0 Å². The Balaban J connectivity index is 1.80. The van der Waals surface area contributed by atoms with Crippen LogP contribution in [0.25, 0.3) is 0 Å². The third kappa shape index (κ3) is 5.45. The van der Waals surface area contributed by atoms with Crippen LogP contribution in [0.15, 0.2) is 0 Å². The number of rotatable bonds is 7. The topological polar surface area (TPSA) is 26.0 Å². The molecule has 1 nitrogen and oxygen atoms in total. The molecule has 2 rings (SSSR count). The van der Waals surface area contributed by atoms with Crippen molar-refractivity contribution >= 4 is 0 Å². The van der Waals surface area contributed by atoms with Crippen LogP contribution in [0.2, 0.25) is 0 Å². The zero-order valence-corrected chi connectivity index (χ0v) is 12.9. The fraction of sp³-hybridized carbons (Fsp3) is 1.00. The van der Waals surface area contributed by atoms with E-state index in [1.54, 1.807) is 6.42 Å². The lowest BCUT2D eigenvalue weighted by atomic mass is 9.72. The van der Waals surface area contributed by atoms with E-state index in [1.807, 2.05) is 0 Å². The van der Waals surface area contributed by atoms with E-state index in [1.165, 1.54) is 83.5 Å². The summed E-state index contributed by atoms with van der Waals surface area (Å²) in [5, 5.41) is 0. The molecule has 0 aliphatic heterocycles. The zero-order chi connectivity index (χ0) is 13.3. The quantitative estimate of drug-likeness (QED) is 0.622. The minimum absolute atomic E-state index is 0.890. The number of nitrogens with two attached hydrogens (primary N) is 1. The molecule has 0 saturated heterocycles. The minimum atomic E-state index is 0.890. The van der Waals surface area contributed by atoms with Crippen molar-refractivity contribution in [3.63, 3.8) is 0 Å². The van der Waals surface area contributed by atoms with Gasteiger partial charge in [0.2, 0.25) is 0 Å². The lowest BCUT2D eigenvalue weighted by Gasteiger charge is -2.34. The van der Waals surface area contributed by atoms with Crippen LogP contribution in [-0.4, -0.2) is 6.54 Å². The number of unbranched alkanes of at least 4 members (excludes halogenated alkanes) is 1. The van der Waals surface area contributed by atoms with Gasteiger partial charge in [-0.2, -0.15) is 0 Å². The summed E-state index contributed by atoms with van der Waals surface area (Å²) in [7, 11) is 0. The van der Waals surface area contributed by atoms with E-state index in [9.17, 15) is 0 Å². The molecule has 112 valence electrons. The Morgan fingerprint density at radius 2 is 1.42 bits per heavy atom. The van der Waals surface area contributed by atoms with E-state index in [0.29, 0.717) is 0 Å². The average Bonchev–Trinajstić information content (AvgIpc) is 2.48. The normalized spacial score (nSPS) is 24.5. The van der Waals surface area contributed by atoms with Crippen molar-refractivity contribution < 1.29 is 0 Å². The van der Waals surface area contributed by atoms with E-state index in [0.717, 1.165) is 24.3 Å². The molecule has 0 radical (unpaired) electrons. The van der Waals surface area contributed by atoms with Gasteiger partial charge in [0.05, 0.1) is 0 Å². The predicted octanol–water partition coefficient (Wildman–Crippen LogP) is 5.28. The van der Waals surface area contributed by atoms with Crippen LogP contribution in [0.4, 0.5) is 0 Å². The third-order valence-electron chi connectivity index (χ3n) is 5.71. The third-order valence-corrected chi connectivity index (χ3v) is 5.71. The summed E-state index contributed by atoms with van der Waals surface area (Å²) in [5.41, 5.74) is 5.68. The van der Waals surface area contributed by atoms with Crippen LogP contribution in [0, 0.1) is 17.8 Å². The van der Waals surface area contributed by atoms with E-state index in [2.05, 4.69) is 0 Å². The molecule has 0 spiro atoms. The molecule has 2 N–H and O–H groups in total. The summed E-state index contributed by atoms with van der Waals surface area (Å²) in [5.74, 6) is 3.17. The molecule has 1 atom stereocenters. The first-order valence-electron chi connectivity index (χ1n) is 9.10. The molecule has 19 heavy (non-hydrogen) atoms. The molecule has 2 aliphatic rings. The smallest absolute Gasteiger partial charge is 0.00773 e. The van der Waals surface area contributed by atoms with Crippen molar-refractivity contribution in [1.82, 2.24) is 0 Å². The maximum atomic E-state index is 5.68. The summed E-state index contributed by atoms with van der Waals surface area (Å²) in [6.07, 6.45) is 20.8. The van der Waals surface area contributed by atoms with Crippen molar-refractivity contribution in [3.05, 3.63) is 0 Å². The van der Waals surface area contributed by atoms with Gasteiger partial charge in [0, 0.05) is 0 Å². The van der Waals surface area contributed by atoms with Gasteiger partial charge in [-0.3, -0.25) is 0 Å². The van der Waals surface area contributed by atoms with Crippen LogP contribution >= 0.6 is 0 Å². The van der Waals surface area contributed by atoms with Crippen LogP contribution in [0.5, 0.6) is 0 Å². The zero-order valence-electron chi connectivity index (χ0n) is 12.9. The molecule has 0 amide bonds. The van der Waals surface area contributed by atoms with Crippen molar-refractivity contribution in [2.45, 2.75) is 89.9 Å². The monoisotopic (exact) mass is 265 g/mol. The first-order valence-corrected chi connectivity index (χ1v) is 9.10. The molecule has 0 bridgehead atoms. The predicted molar refractivity (Wildman–Crippen MR) is 84.2 cm³/mol. The van der Waals surface area contributed by atoms with Crippen molar-refractivity contribution in [2.24, 2.45) is 23.5 Å². The summed E-state index contributed by atoms with van der Waals surface area (Å²) in [6.45, 7) is 0.890. The Bertz CT molecular complexity index is 214. The van der Waals surface area contributed by atoms with E-state index < -0.39 is 0 Å². The molecule has 0 aromatic rings. The van der Waals surface area contributed by atoms with Crippen LogP contribution in [0.3, 0.4) is 0 Å². The first kappa shape index (κ1) is 15.4. The largest absolute Gasteiger partial charge is 0.330 e. The van der Waals surface area contributed by atoms with Crippen molar-refractivity contribution in [3.8, 4) is 0 Å². The van der Waals surface area contributed by atoms with Crippen molar-refractivity contribution in [2.75, 3.05) is 6.54 Å². The highest BCUT2D eigenvalue weighted by molar-refractivity contribution is 4.78. The van der Waals surface area contributed by atoms with E-state index >= 15 is 0 Å². The Morgan fingerprint density at radius 3 is 2.05 bits per heavy atom. The maximum Gasteiger partial charge on any atom is -0.00773 e. The second-order valence-electron chi connectivity index (χ2n) is 7.18. The Morgan fingerprint density at radius 1 is 0.789 bits per heavy atom. The van der Waals surface area contributed by atoms with Crippen LogP contribution < -0.4 is 5.73 Å². The van der Waals surface area contributed by atoms with Gasteiger partial charge in [-0.15, -0.1) is 0 Å². The highest BCUT2D eigenvalue weighted by Crippen LogP contribution is 2.39. The van der Waals surface area contributed by atoms with Gasteiger partial charge >= 0.3 is 0 Å². The lowest BCUT2D eigenvalue weighted by Crippen LogP contribution is -2.22. The summed E-state index contributed by atoms with van der Waals surface area (Å²) >= 11 is 0. The summed E-state index contributed by atoms with van der Waals surface area (Å²) in [6, 6.07) is 0. The maximum absolute atomic E-state index is 5.68. The molecule has 0 aromatic carbocycles. The fourth-order valence-electron chi connectivity index (χ4n) is 4.55. The number of hydrogen-bond donors (Lipinski definition) is 1. The van der Waals surface area contributed by atoms with E-state index in [-0.39, 0.29) is 0 Å². The Kier molecular flexibility index (Phi) is 7.27. The van der Waals surface area contributed by atoms with Crippen LogP contribution in [-0.2, 0) is 0 Å². The molecule has 1 unspecified atom stereocenters. The molecule has 0 heterocycles. The molecule has 0 aromatic heterocycles. The standard InChI is InChI=1S/C18H35N/c19-14-8-7-13-18(17-11-5-2-6-12-17)15-16-9-3-1-4-10-16/h16-18H,1-15,19H2. The minimum Gasteiger partial charge on any atom is -0.330 e. The SMILES string of the molecule is NCCCCC(CC1CCCCC1)C1CCCCC1. The summed E-state index contributed by atoms with van der Waals surface area (Å²) < 4.78 is 0. The molecular formula is C18H35N. The molecule has 2 aliphatic carbocycles. The molecule has 2 saturated carbocycles. The van der Waals surface area contributed by atoms with Crippen LogP contribution in [0.1, 0.15) is 89.9 Å². The Hall–Kier alpha value is -0.0400. The van der Waals surface area contributed by atoms with Crippen molar-refractivity contribution in [1.29, 1.82) is 0 Å². The number of hydrogen-bond acceptors (Lipinski definition) is 1. The first-order chi connectivity index (χ1) is 9.40. The summed E-state index contributed by atoms with van der Waals surface area (Å²) in [4.78, 5) is 0. The van der Waals surface area contributed by atoms with Gasteiger partial charge in [-0.1, -0.05) is 77.0 Å². The molecule has 1 heteroatoms. The van der Waals surface area contributed by atoms with Gasteiger partial charge in [0.1, 0.15) is 0 Å². The molecule has 2 fully saturated rings. The molecular weight excluding hydrogens is 230 g/mol. The van der Waals surface area contributed by atoms with Gasteiger partial charge in [-0.05, 0) is 37.1 Å². The highest BCUT2D eigenvalue weighted by Gasteiger charge is 2.26.